The Bertz CT molecular complexity index is 212. The van der Waals surface area contributed by atoms with Crippen LogP contribution in [0.4, 0.5) is 0 Å². The van der Waals surface area contributed by atoms with Crippen LogP contribution in [0.25, 0.3) is 0 Å². The van der Waals surface area contributed by atoms with E-state index in [1.807, 2.05) is 0 Å². The summed E-state index contributed by atoms with van der Waals surface area (Å²) in [4.78, 5) is 11.5. The van der Waals surface area contributed by atoms with Gasteiger partial charge in [0.1, 0.15) is 0 Å². The number of hydrogen-bond acceptors (Lipinski definition) is 2. The van der Waals surface area contributed by atoms with E-state index < -0.39 is 0 Å². The molecule has 0 N–H and O–H groups in total. The molecule has 0 spiro atoms. The van der Waals surface area contributed by atoms with Crippen molar-refractivity contribution in [2.24, 2.45) is 11.3 Å². The predicted molar refractivity (Wildman–Crippen MR) is 50.3 cm³/mol. The van der Waals surface area contributed by atoms with Gasteiger partial charge < -0.3 is 4.74 Å². The zero-order valence-corrected chi connectivity index (χ0v) is 8.34. The molecule has 2 fully saturated rings. The van der Waals surface area contributed by atoms with Crippen molar-refractivity contribution in [2.75, 3.05) is 6.61 Å². The summed E-state index contributed by atoms with van der Waals surface area (Å²) in [5.41, 5.74) is 0.164. The van der Waals surface area contributed by atoms with Crippen molar-refractivity contribution in [3.05, 3.63) is 0 Å². The van der Waals surface area contributed by atoms with Crippen LogP contribution in [0.5, 0.6) is 0 Å². The van der Waals surface area contributed by atoms with E-state index in [1.54, 1.807) is 0 Å². The molecule has 2 rings (SSSR count). The fourth-order valence-electron chi connectivity index (χ4n) is 2.67. The van der Waals surface area contributed by atoms with Gasteiger partial charge in [-0.05, 0) is 12.8 Å². The predicted octanol–water partition coefficient (Wildman–Crippen LogP) is 2.52. The largest absolute Gasteiger partial charge is 0.465 e. The Labute approximate surface area is 79.7 Å². The molecule has 1 aliphatic carbocycles. The van der Waals surface area contributed by atoms with Gasteiger partial charge in [0.05, 0.1) is 12.5 Å². The van der Waals surface area contributed by atoms with Gasteiger partial charge in [-0.25, -0.2) is 0 Å². The number of ether oxygens (including phenoxy) is 1. The Morgan fingerprint density at radius 3 is 2.92 bits per heavy atom. The normalized spacial score (nSPS) is 40.4. The summed E-state index contributed by atoms with van der Waals surface area (Å²) in [5, 5.41) is 0. The summed E-state index contributed by atoms with van der Waals surface area (Å²) >= 11 is 0. The van der Waals surface area contributed by atoms with Gasteiger partial charge in [0.15, 0.2) is 0 Å². The van der Waals surface area contributed by atoms with Gasteiger partial charge in [-0.3, -0.25) is 4.79 Å². The third kappa shape index (κ3) is 1.59. The molecule has 1 aliphatic heterocycles. The van der Waals surface area contributed by atoms with Gasteiger partial charge in [0.2, 0.25) is 0 Å². The van der Waals surface area contributed by atoms with Crippen molar-refractivity contribution < 1.29 is 9.53 Å². The quantitative estimate of drug-likeness (QED) is 0.538. The van der Waals surface area contributed by atoms with E-state index in [2.05, 4.69) is 6.92 Å². The smallest absolute Gasteiger partial charge is 0.309 e. The van der Waals surface area contributed by atoms with Crippen molar-refractivity contribution in [1.82, 2.24) is 0 Å². The Hall–Kier alpha value is -0.530. The van der Waals surface area contributed by atoms with E-state index in [4.69, 9.17) is 4.74 Å². The molecule has 0 radical (unpaired) electrons. The first-order valence-electron chi connectivity index (χ1n) is 5.39. The molecule has 2 atom stereocenters. The second kappa shape index (κ2) is 3.32. The Kier molecular flexibility index (Phi) is 2.31. The molecule has 1 saturated carbocycles. The van der Waals surface area contributed by atoms with Crippen molar-refractivity contribution >= 4 is 5.97 Å². The maximum Gasteiger partial charge on any atom is 0.309 e. The lowest BCUT2D eigenvalue weighted by atomic mass is 9.72. The number of cyclic esters (lactones) is 1. The van der Waals surface area contributed by atoms with Crippen LogP contribution in [-0.2, 0) is 9.53 Å². The minimum Gasteiger partial charge on any atom is -0.465 e. The van der Waals surface area contributed by atoms with Gasteiger partial charge >= 0.3 is 5.97 Å². The molecule has 1 saturated heterocycles. The van der Waals surface area contributed by atoms with E-state index in [-0.39, 0.29) is 17.3 Å². The summed E-state index contributed by atoms with van der Waals surface area (Å²) in [5.74, 6) is 0.261. The van der Waals surface area contributed by atoms with Gasteiger partial charge in [-0.2, -0.15) is 0 Å². The highest BCUT2D eigenvalue weighted by Crippen LogP contribution is 2.43. The topological polar surface area (TPSA) is 26.3 Å². The molecule has 1 heterocycles. The molecule has 2 aliphatic rings. The van der Waals surface area contributed by atoms with Gasteiger partial charge in [0, 0.05) is 5.41 Å². The second-order valence-corrected chi connectivity index (χ2v) is 4.77. The molecule has 2 unspecified atom stereocenters. The summed E-state index contributed by atoms with van der Waals surface area (Å²) in [6.45, 7) is 2.88. The fourth-order valence-corrected chi connectivity index (χ4v) is 2.67. The van der Waals surface area contributed by atoms with Crippen molar-refractivity contribution in [3.8, 4) is 0 Å². The first-order valence-corrected chi connectivity index (χ1v) is 5.39. The lowest BCUT2D eigenvalue weighted by Gasteiger charge is -2.29. The molecule has 2 heteroatoms. The number of carbonyl (C=O) groups excluding carboxylic acids is 1. The van der Waals surface area contributed by atoms with E-state index >= 15 is 0 Å². The van der Waals surface area contributed by atoms with E-state index in [1.165, 1.54) is 32.1 Å². The highest BCUT2D eigenvalue weighted by Gasteiger charge is 2.46. The molecular formula is C11H18O2. The average molecular weight is 182 g/mol. The lowest BCUT2D eigenvalue weighted by Crippen LogP contribution is -2.28. The average Bonchev–Trinajstić information content (AvgIpc) is 2.32. The molecule has 0 aromatic rings. The number of carbonyl (C=O) groups is 1. The first kappa shape index (κ1) is 9.04. The molecular weight excluding hydrogens is 164 g/mol. The van der Waals surface area contributed by atoms with Crippen LogP contribution in [0, 0.1) is 11.3 Å². The standard InChI is InChI=1S/C11H18O2/c1-11-7-5-3-2-4-6-9(11)10(12)13-8-11/h9H,2-8H2,1H3. The number of hydrogen-bond donors (Lipinski definition) is 0. The zero-order chi connectivity index (χ0) is 9.31. The monoisotopic (exact) mass is 182 g/mol. The van der Waals surface area contributed by atoms with E-state index in [0.717, 1.165) is 6.42 Å². The Balaban J connectivity index is 2.12. The summed E-state index contributed by atoms with van der Waals surface area (Å²) in [6, 6.07) is 0. The van der Waals surface area contributed by atoms with Crippen LogP contribution < -0.4 is 0 Å². The molecule has 0 amide bonds. The zero-order valence-electron chi connectivity index (χ0n) is 8.34. The number of esters is 1. The molecule has 0 bridgehead atoms. The van der Waals surface area contributed by atoms with E-state index in [0.29, 0.717) is 6.61 Å². The van der Waals surface area contributed by atoms with Gasteiger partial charge in [-0.1, -0.05) is 32.6 Å². The summed E-state index contributed by atoms with van der Waals surface area (Å²) in [7, 11) is 0. The first-order chi connectivity index (χ1) is 6.22. The highest BCUT2D eigenvalue weighted by atomic mass is 16.5. The highest BCUT2D eigenvalue weighted by molar-refractivity contribution is 5.75. The van der Waals surface area contributed by atoms with Crippen LogP contribution >= 0.6 is 0 Å². The number of rotatable bonds is 0. The van der Waals surface area contributed by atoms with Crippen molar-refractivity contribution in [3.63, 3.8) is 0 Å². The maximum absolute atomic E-state index is 11.5. The van der Waals surface area contributed by atoms with Crippen LogP contribution in [0.15, 0.2) is 0 Å². The third-order valence-electron chi connectivity index (χ3n) is 3.66. The van der Waals surface area contributed by atoms with Crippen LogP contribution in [0.3, 0.4) is 0 Å². The lowest BCUT2D eigenvalue weighted by molar-refractivity contribution is -0.141. The molecule has 0 aromatic carbocycles. The van der Waals surface area contributed by atoms with Gasteiger partial charge in [0.25, 0.3) is 0 Å². The van der Waals surface area contributed by atoms with Crippen LogP contribution in [0.2, 0.25) is 0 Å². The summed E-state index contributed by atoms with van der Waals surface area (Å²) in [6.07, 6.45) is 7.31. The van der Waals surface area contributed by atoms with Gasteiger partial charge in [-0.15, -0.1) is 0 Å². The SMILES string of the molecule is CC12CCCCCCC1C(=O)OC2. The molecule has 2 nitrogen and oxygen atoms in total. The minimum atomic E-state index is 0.0596. The van der Waals surface area contributed by atoms with Crippen LogP contribution in [-0.4, -0.2) is 12.6 Å². The van der Waals surface area contributed by atoms with E-state index in [9.17, 15) is 4.79 Å². The maximum atomic E-state index is 11.5. The van der Waals surface area contributed by atoms with Crippen LogP contribution in [0.1, 0.15) is 45.4 Å². The number of fused-ring (bicyclic) bond motifs is 1. The Morgan fingerprint density at radius 2 is 2.08 bits per heavy atom. The third-order valence-corrected chi connectivity index (χ3v) is 3.66. The summed E-state index contributed by atoms with van der Waals surface area (Å²) < 4.78 is 5.18. The van der Waals surface area contributed by atoms with Crippen molar-refractivity contribution in [2.45, 2.75) is 45.4 Å². The fraction of sp³-hybridized carbons (Fsp3) is 0.909. The second-order valence-electron chi connectivity index (χ2n) is 4.77. The van der Waals surface area contributed by atoms with Crippen molar-refractivity contribution in [1.29, 1.82) is 0 Å². The minimum absolute atomic E-state index is 0.0596. The molecule has 0 aromatic heterocycles. The molecule has 13 heavy (non-hydrogen) atoms. The Morgan fingerprint density at radius 1 is 1.31 bits per heavy atom. The molecule has 74 valence electrons.